The van der Waals surface area contributed by atoms with Gasteiger partial charge in [-0.15, -0.1) is 0 Å². The molecular weight excluding hydrogens is 322 g/mol. The fraction of sp³-hybridized carbons (Fsp3) is 1.00. The highest BCUT2D eigenvalue weighted by atomic mass is 79.9. The highest BCUT2D eigenvalue weighted by Gasteiger charge is 2.22. The van der Waals surface area contributed by atoms with Crippen LogP contribution in [-0.4, -0.2) is 31.7 Å². The minimum absolute atomic E-state index is 0. The molecule has 0 rings (SSSR count). The van der Waals surface area contributed by atoms with Crippen molar-refractivity contribution in [2.75, 3.05) is 21.1 Å². The first-order valence-corrected chi connectivity index (χ1v) is 9.33. The Morgan fingerprint density at radius 3 is 1.38 bits per heavy atom. The maximum Gasteiger partial charge on any atom is 0.0884 e. The smallest absolute Gasteiger partial charge is 0.0884 e. The van der Waals surface area contributed by atoms with Crippen molar-refractivity contribution in [2.24, 2.45) is 0 Å². The molecule has 1 atom stereocenters. The fourth-order valence-electron chi connectivity index (χ4n) is 3.05. The Bertz CT molecular complexity index is 198. The van der Waals surface area contributed by atoms with Crippen LogP contribution in [0.1, 0.15) is 97.3 Å². The zero-order valence-corrected chi connectivity index (χ0v) is 17.2. The Morgan fingerprint density at radius 2 is 0.952 bits per heavy atom. The zero-order valence-electron chi connectivity index (χ0n) is 15.6. The second-order valence-electron chi connectivity index (χ2n) is 7.53. The molecule has 0 aromatic rings. The third-order valence-corrected chi connectivity index (χ3v) is 4.63. The van der Waals surface area contributed by atoms with Gasteiger partial charge in [-0.1, -0.05) is 71.6 Å². The highest BCUT2D eigenvalue weighted by molar-refractivity contribution is 4.59. The molecule has 0 aromatic heterocycles. The maximum atomic E-state index is 2.37. The van der Waals surface area contributed by atoms with Gasteiger partial charge in [0.05, 0.1) is 27.2 Å². The first-order chi connectivity index (χ1) is 9.52. The van der Waals surface area contributed by atoms with Gasteiger partial charge in [-0.3, -0.25) is 0 Å². The number of halogens is 1. The van der Waals surface area contributed by atoms with E-state index in [0.717, 1.165) is 10.5 Å². The minimum Gasteiger partial charge on any atom is -1.00 e. The molecule has 0 amide bonds. The van der Waals surface area contributed by atoms with Crippen molar-refractivity contribution in [2.45, 2.75) is 103 Å². The quantitative estimate of drug-likeness (QED) is 0.328. The van der Waals surface area contributed by atoms with Gasteiger partial charge in [-0.05, 0) is 25.7 Å². The molecule has 0 heterocycles. The first-order valence-electron chi connectivity index (χ1n) is 9.33. The Morgan fingerprint density at radius 1 is 0.571 bits per heavy atom. The number of quaternary nitrogens is 1. The van der Waals surface area contributed by atoms with Crippen LogP contribution in [0.2, 0.25) is 0 Å². The lowest BCUT2D eigenvalue weighted by Crippen LogP contribution is -3.00. The van der Waals surface area contributed by atoms with E-state index in [-0.39, 0.29) is 17.0 Å². The molecule has 130 valence electrons. The second kappa shape index (κ2) is 15.3. The largest absolute Gasteiger partial charge is 1.00 e. The average Bonchev–Trinajstić information content (AvgIpc) is 2.38. The van der Waals surface area contributed by atoms with E-state index in [1.807, 2.05) is 0 Å². The van der Waals surface area contributed by atoms with Crippen LogP contribution in [0, 0.1) is 0 Å². The van der Waals surface area contributed by atoms with E-state index in [1.54, 1.807) is 0 Å². The summed E-state index contributed by atoms with van der Waals surface area (Å²) < 4.78 is 1.15. The highest BCUT2D eigenvalue weighted by Crippen LogP contribution is 2.19. The van der Waals surface area contributed by atoms with Crippen LogP contribution in [0.4, 0.5) is 0 Å². The van der Waals surface area contributed by atoms with Gasteiger partial charge in [-0.25, -0.2) is 0 Å². The topological polar surface area (TPSA) is 0 Å². The van der Waals surface area contributed by atoms with Crippen molar-refractivity contribution >= 4 is 0 Å². The molecular formula is C19H42BrN. The van der Waals surface area contributed by atoms with E-state index in [9.17, 15) is 0 Å². The maximum absolute atomic E-state index is 2.37. The van der Waals surface area contributed by atoms with Crippen molar-refractivity contribution < 1.29 is 21.5 Å². The standard InChI is InChI=1S/C19H42N.BrH/c1-6-8-10-11-12-13-14-15-16-18-19(17-9-7-2)20(3,4)5;/h19H,6-18H2,1-5H3;1H/q+1;/p-1. The Labute approximate surface area is 146 Å². The summed E-state index contributed by atoms with van der Waals surface area (Å²) in [5.41, 5.74) is 0. The van der Waals surface area contributed by atoms with Crippen LogP contribution in [0.3, 0.4) is 0 Å². The Balaban J connectivity index is 0. The van der Waals surface area contributed by atoms with Gasteiger partial charge in [0.2, 0.25) is 0 Å². The number of hydrogen-bond acceptors (Lipinski definition) is 0. The molecule has 1 unspecified atom stereocenters. The predicted octanol–water partition coefficient (Wildman–Crippen LogP) is 3.18. The predicted molar refractivity (Wildman–Crippen MR) is 93.2 cm³/mol. The first kappa shape index (κ1) is 23.7. The Hall–Kier alpha value is 0.440. The number of nitrogens with zero attached hydrogens (tertiary/aromatic N) is 1. The van der Waals surface area contributed by atoms with E-state index in [0.29, 0.717) is 0 Å². The van der Waals surface area contributed by atoms with Crippen LogP contribution in [0.25, 0.3) is 0 Å². The van der Waals surface area contributed by atoms with Crippen molar-refractivity contribution in [3.63, 3.8) is 0 Å². The lowest BCUT2D eigenvalue weighted by Gasteiger charge is -2.34. The average molecular weight is 364 g/mol. The fourth-order valence-corrected chi connectivity index (χ4v) is 3.05. The van der Waals surface area contributed by atoms with Crippen LogP contribution in [0.15, 0.2) is 0 Å². The molecule has 0 N–H and O–H groups in total. The summed E-state index contributed by atoms with van der Waals surface area (Å²) in [6.45, 7) is 4.61. The van der Waals surface area contributed by atoms with Gasteiger partial charge in [0, 0.05) is 0 Å². The van der Waals surface area contributed by atoms with Crippen LogP contribution in [-0.2, 0) is 0 Å². The normalized spacial score (nSPS) is 13.0. The summed E-state index contributed by atoms with van der Waals surface area (Å²) in [7, 11) is 7.11. The van der Waals surface area contributed by atoms with E-state index < -0.39 is 0 Å². The zero-order chi connectivity index (χ0) is 15.3. The van der Waals surface area contributed by atoms with Gasteiger partial charge in [0.25, 0.3) is 0 Å². The van der Waals surface area contributed by atoms with Crippen LogP contribution >= 0.6 is 0 Å². The van der Waals surface area contributed by atoms with Crippen LogP contribution < -0.4 is 17.0 Å². The van der Waals surface area contributed by atoms with Crippen molar-refractivity contribution in [3.05, 3.63) is 0 Å². The number of rotatable bonds is 14. The van der Waals surface area contributed by atoms with Gasteiger partial charge in [-0.2, -0.15) is 0 Å². The summed E-state index contributed by atoms with van der Waals surface area (Å²) in [6, 6.07) is 0.875. The van der Waals surface area contributed by atoms with E-state index in [4.69, 9.17) is 0 Å². The second-order valence-corrected chi connectivity index (χ2v) is 7.53. The minimum atomic E-state index is 0. The lowest BCUT2D eigenvalue weighted by molar-refractivity contribution is -0.896. The summed E-state index contributed by atoms with van der Waals surface area (Å²) in [4.78, 5) is 0. The van der Waals surface area contributed by atoms with Gasteiger partial charge in [0.15, 0.2) is 0 Å². The summed E-state index contributed by atoms with van der Waals surface area (Å²) in [5.74, 6) is 0. The van der Waals surface area contributed by atoms with E-state index in [2.05, 4.69) is 35.0 Å². The molecule has 0 radical (unpaired) electrons. The van der Waals surface area contributed by atoms with Gasteiger partial charge >= 0.3 is 0 Å². The monoisotopic (exact) mass is 363 g/mol. The SMILES string of the molecule is CCCCCCCCCCCC(CCCC)[N+](C)(C)C.[Br-]. The summed E-state index contributed by atoms with van der Waals surface area (Å²) in [6.07, 6.45) is 18.6. The molecule has 0 spiro atoms. The molecule has 1 nitrogen and oxygen atoms in total. The Kier molecular flexibility index (Phi) is 17.3. The molecule has 0 aromatic carbocycles. The van der Waals surface area contributed by atoms with Crippen molar-refractivity contribution in [3.8, 4) is 0 Å². The van der Waals surface area contributed by atoms with Crippen molar-refractivity contribution in [1.82, 2.24) is 0 Å². The van der Waals surface area contributed by atoms with Gasteiger partial charge in [0.1, 0.15) is 0 Å². The molecule has 0 fully saturated rings. The molecule has 21 heavy (non-hydrogen) atoms. The third kappa shape index (κ3) is 15.1. The summed E-state index contributed by atoms with van der Waals surface area (Å²) in [5, 5.41) is 0. The van der Waals surface area contributed by atoms with Crippen molar-refractivity contribution in [1.29, 1.82) is 0 Å². The number of unbranched alkanes of at least 4 members (excludes halogenated alkanes) is 9. The molecule has 0 aliphatic carbocycles. The third-order valence-electron chi connectivity index (χ3n) is 4.63. The molecule has 0 saturated heterocycles. The van der Waals surface area contributed by atoms with E-state index >= 15 is 0 Å². The summed E-state index contributed by atoms with van der Waals surface area (Å²) >= 11 is 0. The molecule has 0 bridgehead atoms. The molecule has 0 aliphatic heterocycles. The van der Waals surface area contributed by atoms with E-state index in [1.165, 1.54) is 83.5 Å². The van der Waals surface area contributed by atoms with Gasteiger partial charge < -0.3 is 21.5 Å². The lowest BCUT2D eigenvalue weighted by atomic mass is 9.99. The van der Waals surface area contributed by atoms with Crippen LogP contribution in [0.5, 0.6) is 0 Å². The molecule has 0 aliphatic rings. The number of hydrogen-bond donors (Lipinski definition) is 0. The molecule has 0 saturated carbocycles. The molecule has 2 heteroatoms.